The number of methoxy groups -OCH3 is 1. The first-order chi connectivity index (χ1) is 13.2. The molecule has 8 heteroatoms. The number of hydrogen-bond acceptors (Lipinski definition) is 5. The summed E-state index contributed by atoms with van der Waals surface area (Å²) in [6, 6.07) is 10.7. The van der Waals surface area contributed by atoms with Crippen molar-refractivity contribution in [1.29, 1.82) is 0 Å². The second kappa shape index (κ2) is 9.16. The quantitative estimate of drug-likeness (QED) is 0.641. The molecular weight excluding hydrogens is 368 g/mol. The molecule has 0 unspecified atom stereocenters. The SMILES string of the molecule is COCCn1cc(NC(=O)c2cc(COc3ccccc3Cl)ccn2)cn1. The molecule has 0 aliphatic carbocycles. The topological polar surface area (TPSA) is 78.3 Å². The zero-order chi connectivity index (χ0) is 19.1. The van der Waals surface area contributed by atoms with Gasteiger partial charge < -0.3 is 14.8 Å². The maximum atomic E-state index is 12.4. The molecular formula is C19H19ClN4O3. The van der Waals surface area contributed by atoms with Crippen molar-refractivity contribution in [2.45, 2.75) is 13.2 Å². The van der Waals surface area contributed by atoms with E-state index < -0.39 is 0 Å². The predicted octanol–water partition coefficient (Wildman–Crippen LogP) is 3.41. The Bertz CT molecular complexity index is 913. The fraction of sp³-hybridized carbons (Fsp3) is 0.211. The minimum absolute atomic E-state index is 0.279. The van der Waals surface area contributed by atoms with Crippen LogP contribution in [0, 0.1) is 0 Å². The van der Waals surface area contributed by atoms with Crippen molar-refractivity contribution in [3.05, 3.63) is 71.3 Å². The van der Waals surface area contributed by atoms with Gasteiger partial charge in [0.15, 0.2) is 0 Å². The van der Waals surface area contributed by atoms with Gasteiger partial charge in [0.05, 0.1) is 30.1 Å². The van der Waals surface area contributed by atoms with Crippen LogP contribution >= 0.6 is 11.6 Å². The lowest BCUT2D eigenvalue weighted by Crippen LogP contribution is -2.14. The highest BCUT2D eigenvalue weighted by Gasteiger charge is 2.10. The Labute approximate surface area is 161 Å². The van der Waals surface area contributed by atoms with E-state index in [2.05, 4.69) is 15.4 Å². The molecule has 0 atom stereocenters. The molecule has 0 spiro atoms. The van der Waals surface area contributed by atoms with E-state index in [0.717, 1.165) is 5.56 Å². The van der Waals surface area contributed by atoms with Crippen LogP contribution in [0.2, 0.25) is 5.02 Å². The van der Waals surface area contributed by atoms with Crippen molar-refractivity contribution >= 4 is 23.2 Å². The summed E-state index contributed by atoms with van der Waals surface area (Å²) in [5, 5.41) is 7.47. The third-order valence-electron chi connectivity index (χ3n) is 3.70. The zero-order valence-corrected chi connectivity index (χ0v) is 15.5. The number of anilines is 1. The van der Waals surface area contributed by atoms with E-state index in [1.165, 1.54) is 0 Å². The van der Waals surface area contributed by atoms with Crippen LogP contribution in [-0.4, -0.2) is 34.4 Å². The highest BCUT2D eigenvalue weighted by atomic mass is 35.5. The number of rotatable bonds is 8. The van der Waals surface area contributed by atoms with Gasteiger partial charge in [0.2, 0.25) is 0 Å². The van der Waals surface area contributed by atoms with Crippen LogP contribution in [0.5, 0.6) is 5.75 Å². The van der Waals surface area contributed by atoms with Crippen molar-refractivity contribution in [2.75, 3.05) is 19.0 Å². The van der Waals surface area contributed by atoms with Gasteiger partial charge in [-0.15, -0.1) is 0 Å². The minimum Gasteiger partial charge on any atom is -0.487 e. The van der Waals surface area contributed by atoms with Gasteiger partial charge in [-0.2, -0.15) is 5.10 Å². The van der Waals surface area contributed by atoms with Crippen LogP contribution in [-0.2, 0) is 17.9 Å². The summed E-state index contributed by atoms with van der Waals surface area (Å²) in [7, 11) is 1.63. The zero-order valence-electron chi connectivity index (χ0n) is 14.8. The van der Waals surface area contributed by atoms with Crippen LogP contribution in [0.15, 0.2) is 55.0 Å². The van der Waals surface area contributed by atoms with Gasteiger partial charge in [-0.05, 0) is 29.8 Å². The number of benzene rings is 1. The Kier molecular flexibility index (Phi) is 6.40. The average molecular weight is 387 g/mol. The fourth-order valence-electron chi connectivity index (χ4n) is 2.34. The van der Waals surface area contributed by atoms with Crippen LogP contribution in [0.3, 0.4) is 0 Å². The lowest BCUT2D eigenvalue weighted by molar-refractivity contribution is 0.102. The number of ether oxygens (including phenoxy) is 2. The lowest BCUT2D eigenvalue weighted by Gasteiger charge is -2.08. The summed E-state index contributed by atoms with van der Waals surface area (Å²) in [6.45, 7) is 1.44. The largest absolute Gasteiger partial charge is 0.487 e. The first-order valence-electron chi connectivity index (χ1n) is 8.30. The number of nitrogens with zero attached hydrogens (tertiary/aromatic N) is 3. The van der Waals surface area contributed by atoms with Gasteiger partial charge >= 0.3 is 0 Å². The summed E-state index contributed by atoms with van der Waals surface area (Å²) in [6.07, 6.45) is 4.89. The molecule has 1 N–H and O–H groups in total. The summed E-state index contributed by atoms with van der Waals surface area (Å²) in [5.41, 5.74) is 1.70. The minimum atomic E-state index is -0.319. The maximum Gasteiger partial charge on any atom is 0.274 e. The Morgan fingerprint density at radius 3 is 2.96 bits per heavy atom. The Morgan fingerprint density at radius 2 is 2.15 bits per heavy atom. The number of carbonyl (C=O) groups excluding carboxylic acids is 1. The van der Waals surface area contributed by atoms with Crippen molar-refractivity contribution in [2.24, 2.45) is 0 Å². The van der Waals surface area contributed by atoms with Crippen LogP contribution in [0.1, 0.15) is 16.1 Å². The summed E-state index contributed by atoms with van der Waals surface area (Å²) in [5.74, 6) is 0.270. The molecule has 0 saturated carbocycles. The average Bonchev–Trinajstić information content (AvgIpc) is 3.13. The molecule has 3 rings (SSSR count). The van der Waals surface area contributed by atoms with E-state index in [1.54, 1.807) is 54.6 Å². The highest BCUT2D eigenvalue weighted by Crippen LogP contribution is 2.24. The van der Waals surface area contributed by atoms with E-state index in [1.807, 2.05) is 12.1 Å². The number of carbonyl (C=O) groups is 1. The number of nitrogens with one attached hydrogen (secondary N) is 1. The molecule has 0 saturated heterocycles. The molecule has 0 radical (unpaired) electrons. The Hall–Kier alpha value is -2.90. The predicted molar refractivity (Wildman–Crippen MR) is 102 cm³/mol. The normalized spacial score (nSPS) is 10.6. The first kappa shape index (κ1) is 18.9. The standard InChI is InChI=1S/C19H19ClN4O3/c1-26-9-8-24-12-15(11-22-24)23-19(25)17-10-14(6-7-21-17)13-27-18-5-3-2-4-16(18)20/h2-7,10-12H,8-9,13H2,1H3,(H,23,25). The Balaban J connectivity index is 1.61. The second-order valence-corrected chi connectivity index (χ2v) is 6.11. The van der Waals surface area contributed by atoms with Crippen molar-refractivity contribution in [1.82, 2.24) is 14.8 Å². The molecule has 3 aromatic rings. The van der Waals surface area contributed by atoms with Crippen molar-refractivity contribution < 1.29 is 14.3 Å². The number of amides is 1. The monoisotopic (exact) mass is 386 g/mol. The second-order valence-electron chi connectivity index (χ2n) is 5.71. The highest BCUT2D eigenvalue weighted by molar-refractivity contribution is 6.32. The van der Waals surface area contributed by atoms with Gasteiger partial charge in [0, 0.05) is 19.5 Å². The van der Waals surface area contributed by atoms with Gasteiger partial charge in [-0.3, -0.25) is 14.5 Å². The van der Waals surface area contributed by atoms with Gasteiger partial charge in [-0.25, -0.2) is 0 Å². The number of pyridine rings is 1. The van der Waals surface area contributed by atoms with Gasteiger partial charge in [-0.1, -0.05) is 23.7 Å². The van der Waals surface area contributed by atoms with E-state index >= 15 is 0 Å². The van der Waals surface area contributed by atoms with Crippen LogP contribution in [0.4, 0.5) is 5.69 Å². The molecule has 7 nitrogen and oxygen atoms in total. The summed E-state index contributed by atoms with van der Waals surface area (Å²) in [4.78, 5) is 16.5. The van der Waals surface area contributed by atoms with Crippen molar-refractivity contribution in [3.63, 3.8) is 0 Å². The van der Waals surface area contributed by atoms with E-state index in [9.17, 15) is 4.79 Å². The van der Waals surface area contributed by atoms with Crippen molar-refractivity contribution in [3.8, 4) is 5.75 Å². The summed E-state index contributed by atoms with van der Waals surface area (Å²) < 4.78 is 12.4. The molecule has 2 heterocycles. The number of halogens is 1. The summed E-state index contributed by atoms with van der Waals surface area (Å²) >= 11 is 6.08. The fourth-order valence-corrected chi connectivity index (χ4v) is 2.53. The molecule has 2 aromatic heterocycles. The molecule has 1 amide bonds. The van der Waals surface area contributed by atoms with Gasteiger partial charge in [0.25, 0.3) is 5.91 Å². The van der Waals surface area contributed by atoms with Gasteiger partial charge in [0.1, 0.15) is 18.1 Å². The molecule has 27 heavy (non-hydrogen) atoms. The third-order valence-corrected chi connectivity index (χ3v) is 4.02. The number of hydrogen-bond donors (Lipinski definition) is 1. The number of para-hydroxylation sites is 1. The van der Waals surface area contributed by atoms with E-state index in [4.69, 9.17) is 21.1 Å². The molecule has 0 aliphatic rings. The third kappa shape index (κ3) is 5.29. The molecule has 0 aliphatic heterocycles. The van der Waals surface area contributed by atoms with E-state index in [-0.39, 0.29) is 12.5 Å². The molecule has 0 fully saturated rings. The maximum absolute atomic E-state index is 12.4. The molecule has 1 aromatic carbocycles. The number of aromatic nitrogens is 3. The van der Waals surface area contributed by atoms with Crippen LogP contribution < -0.4 is 10.1 Å². The van der Waals surface area contributed by atoms with E-state index in [0.29, 0.717) is 35.3 Å². The lowest BCUT2D eigenvalue weighted by atomic mass is 10.2. The Morgan fingerprint density at radius 1 is 1.30 bits per heavy atom. The van der Waals surface area contributed by atoms with Crippen LogP contribution in [0.25, 0.3) is 0 Å². The molecule has 140 valence electrons. The smallest absolute Gasteiger partial charge is 0.274 e. The molecule has 0 bridgehead atoms. The first-order valence-corrected chi connectivity index (χ1v) is 8.68.